The minimum atomic E-state index is -0.0227. The first-order valence-corrected chi connectivity index (χ1v) is 7.74. The van der Waals surface area contributed by atoms with Crippen LogP contribution < -0.4 is 5.32 Å². The van der Waals surface area contributed by atoms with E-state index in [1.165, 1.54) is 11.8 Å². The van der Waals surface area contributed by atoms with E-state index in [4.69, 9.17) is 0 Å². The maximum absolute atomic E-state index is 11.7. The number of rotatable bonds is 5. The molecule has 6 nitrogen and oxygen atoms in total. The van der Waals surface area contributed by atoms with E-state index in [1.54, 1.807) is 4.68 Å². The van der Waals surface area contributed by atoms with E-state index < -0.39 is 0 Å². The predicted molar refractivity (Wildman–Crippen MR) is 82.6 cm³/mol. The van der Waals surface area contributed by atoms with Gasteiger partial charge >= 0.3 is 0 Å². The van der Waals surface area contributed by atoms with E-state index in [1.807, 2.05) is 45.9 Å². The van der Waals surface area contributed by atoms with Gasteiger partial charge in [0.05, 0.1) is 11.4 Å². The van der Waals surface area contributed by atoms with E-state index in [9.17, 15) is 4.79 Å². The lowest BCUT2D eigenvalue weighted by molar-refractivity contribution is -0.119. The summed E-state index contributed by atoms with van der Waals surface area (Å²) in [7, 11) is 0. The van der Waals surface area contributed by atoms with Gasteiger partial charge in [-0.3, -0.25) is 4.79 Å². The van der Waals surface area contributed by atoms with Gasteiger partial charge < -0.3 is 5.32 Å². The summed E-state index contributed by atoms with van der Waals surface area (Å²) < 4.78 is 1.68. The van der Waals surface area contributed by atoms with Gasteiger partial charge in [0, 0.05) is 6.04 Å². The van der Waals surface area contributed by atoms with Crippen LogP contribution in [0.1, 0.15) is 25.0 Å². The van der Waals surface area contributed by atoms with Gasteiger partial charge in [-0.05, 0) is 55.3 Å². The van der Waals surface area contributed by atoms with E-state index in [2.05, 4.69) is 20.8 Å². The lowest BCUT2D eigenvalue weighted by atomic mass is 10.1. The van der Waals surface area contributed by atoms with Crippen LogP contribution in [0.2, 0.25) is 0 Å². The minimum Gasteiger partial charge on any atom is -0.353 e. The number of amides is 1. The summed E-state index contributed by atoms with van der Waals surface area (Å²) in [5.74, 6) is 0.272. The van der Waals surface area contributed by atoms with Gasteiger partial charge in [0.15, 0.2) is 0 Å². The number of benzene rings is 1. The Labute approximate surface area is 128 Å². The minimum absolute atomic E-state index is 0.0227. The summed E-state index contributed by atoms with van der Waals surface area (Å²) in [6, 6.07) is 6.25. The maximum Gasteiger partial charge on any atom is 0.230 e. The van der Waals surface area contributed by atoms with Crippen molar-refractivity contribution in [1.29, 1.82) is 0 Å². The Morgan fingerprint density at radius 2 is 2.14 bits per heavy atom. The highest BCUT2D eigenvalue weighted by atomic mass is 32.2. The van der Waals surface area contributed by atoms with Crippen molar-refractivity contribution in [2.24, 2.45) is 0 Å². The largest absolute Gasteiger partial charge is 0.353 e. The molecular formula is C14H19N5OS. The molecule has 1 aromatic heterocycles. The fourth-order valence-electron chi connectivity index (χ4n) is 1.86. The van der Waals surface area contributed by atoms with Crippen molar-refractivity contribution < 1.29 is 4.79 Å². The van der Waals surface area contributed by atoms with Crippen LogP contribution >= 0.6 is 11.8 Å². The molecule has 7 heteroatoms. The number of aromatic nitrogens is 4. The molecule has 1 amide bonds. The van der Waals surface area contributed by atoms with Gasteiger partial charge in [-0.15, -0.1) is 5.10 Å². The molecule has 0 aliphatic heterocycles. The number of aryl methyl sites for hydroxylation is 2. The quantitative estimate of drug-likeness (QED) is 0.854. The van der Waals surface area contributed by atoms with Crippen LogP contribution in [-0.4, -0.2) is 37.9 Å². The zero-order chi connectivity index (χ0) is 15.4. The second kappa shape index (κ2) is 6.71. The number of carbonyl (C=O) groups is 1. The Kier molecular flexibility index (Phi) is 4.95. The van der Waals surface area contributed by atoms with E-state index in [0.29, 0.717) is 10.9 Å². The molecular weight excluding hydrogens is 286 g/mol. The zero-order valence-corrected chi connectivity index (χ0v) is 13.4. The number of nitrogens with one attached hydrogen (secondary N) is 1. The van der Waals surface area contributed by atoms with Crippen molar-refractivity contribution in [1.82, 2.24) is 25.5 Å². The number of tetrazole rings is 1. The highest BCUT2D eigenvalue weighted by Gasteiger charge is 2.13. The topological polar surface area (TPSA) is 72.7 Å². The second-order valence-corrected chi connectivity index (χ2v) is 6.12. The summed E-state index contributed by atoms with van der Waals surface area (Å²) in [5.41, 5.74) is 3.16. The molecule has 21 heavy (non-hydrogen) atoms. The summed E-state index contributed by atoms with van der Waals surface area (Å²) in [4.78, 5) is 11.7. The molecule has 0 saturated carbocycles. The van der Waals surface area contributed by atoms with E-state index >= 15 is 0 Å². The van der Waals surface area contributed by atoms with Gasteiger partial charge in [0.1, 0.15) is 0 Å². The van der Waals surface area contributed by atoms with Gasteiger partial charge in [0.25, 0.3) is 0 Å². The number of carbonyl (C=O) groups excluding carboxylic acids is 1. The first-order valence-electron chi connectivity index (χ1n) is 6.75. The third-order valence-corrected chi connectivity index (χ3v) is 3.74. The molecule has 2 rings (SSSR count). The Morgan fingerprint density at radius 1 is 1.38 bits per heavy atom. The number of thioether (sulfide) groups is 1. The number of hydrogen-bond acceptors (Lipinski definition) is 5. The SMILES string of the molecule is Cc1ccc(C)c(-n2nnnc2SCC(=O)NC(C)C)c1. The van der Waals surface area contributed by atoms with Crippen LogP contribution in [0.3, 0.4) is 0 Å². The van der Waals surface area contributed by atoms with Gasteiger partial charge in [-0.25, -0.2) is 0 Å². The Balaban J connectivity index is 2.15. The third kappa shape index (κ3) is 4.04. The molecule has 0 spiro atoms. The van der Waals surface area contributed by atoms with Crippen LogP contribution in [0.4, 0.5) is 0 Å². The van der Waals surface area contributed by atoms with Gasteiger partial charge in [-0.2, -0.15) is 4.68 Å². The average molecular weight is 305 g/mol. The standard InChI is InChI=1S/C14H19N5OS/c1-9(2)15-13(20)8-21-14-16-17-18-19(14)12-7-10(3)5-6-11(12)4/h5-7,9H,8H2,1-4H3,(H,15,20). The fraction of sp³-hybridized carbons (Fsp3) is 0.429. The molecule has 0 aliphatic carbocycles. The van der Waals surface area contributed by atoms with E-state index in [0.717, 1.165) is 16.8 Å². The van der Waals surface area contributed by atoms with Crippen molar-refractivity contribution in [2.45, 2.75) is 38.9 Å². The molecule has 1 aromatic carbocycles. The number of hydrogen-bond donors (Lipinski definition) is 1. The zero-order valence-electron chi connectivity index (χ0n) is 12.6. The van der Waals surface area contributed by atoms with Gasteiger partial charge in [0.2, 0.25) is 11.1 Å². The molecule has 0 fully saturated rings. The Bertz CT molecular complexity index is 638. The molecule has 0 saturated heterocycles. The van der Waals surface area contributed by atoms with E-state index in [-0.39, 0.29) is 11.9 Å². The molecule has 2 aromatic rings. The summed E-state index contributed by atoms with van der Waals surface area (Å²) >= 11 is 1.33. The van der Waals surface area contributed by atoms with Crippen molar-refractivity contribution in [3.8, 4) is 5.69 Å². The Hall–Kier alpha value is -1.89. The Morgan fingerprint density at radius 3 is 2.86 bits per heavy atom. The smallest absolute Gasteiger partial charge is 0.230 e. The van der Waals surface area contributed by atoms with Crippen LogP contribution in [0.5, 0.6) is 0 Å². The summed E-state index contributed by atoms with van der Waals surface area (Å²) in [6.45, 7) is 7.90. The molecule has 0 unspecified atom stereocenters. The molecule has 0 bridgehead atoms. The summed E-state index contributed by atoms with van der Waals surface area (Å²) in [6.07, 6.45) is 0. The highest BCUT2D eigenvalue weighted by molar-refractivity contribution is 7.99. The van der Waals surface area contributed by atoms with Crippen molar-refractivity contribution in [3.63, 3.8) is 0 Å². The molecule has 0 radical (unpaired) electrons. The molecule has 1 N–H and O–H groups in total. The number of nitrogens with zero attached hydrogens (tertiary/aromatic N) is 4. The first-order chi connectivity index (χ1) is 9.97. The molecule has 0 atom stereocenters. The molecule has 0 aliphatic rings. The molecule has 112 valence electrons. The lowest BCUT2D eigenvalue weighted by Gasteiger charge is -2.09. The lowest BCUT2D eigenvalue weighted by Crippen LogP contribution is -2.31. The van der Waals surface area contributed by atoms with Crippen LogP contribution in [0.25, 0.3) is 5.69 Å². The van der Waals surface area contributed by atoms with Gasteiger partial charge in [-0.1, -0.05) is 23.9 Å². The first kappa shape index (κ1) is 15.5. The maximum atomic E-state index is 11.7. The monoisotopic (exact) mass is 305 g/mol. The normalized spacial score (nSPS) is 10.9. The van der Waals surface area contributed by atoms with Crippen molar-refractivity contribution in [2.75, 3.05) is 5.75 Å². The third-order valence-electron chi connectivity index (χ3n) is 2.82. The average Bonchev–Trinajstić information content (AvgIpc) is 2.86. The van der Waals surface area contributed by atoms with Crippen LogP contribution in [0.15, 0.2) is 23.4 Å². The van der Waals surface area contributed by atoms with Crippen LogP contribution in [-0.2, 0) is 4.79 Å². The highest BCUT2D eigenvalue weighted by Crippen LogP contribution is 2.21. The van der Waals surface area contributed by atoms with Crippen molar-refractivity contribution >= 4 is 17.7 Å². The fourth-order valence-corrected chi connectivity index (χ4v) is 2.56. The second-order valence-electron chi connectivity index (χ2n) is 5.17. The molecule has 1 heterocycles. The summed E-state index contributed by atoms with van der Waals surface area (Å²) in [5, 5.41) is 15.2. The van der Waals surface area contributed by atoms with Crippen molar-refractivity contribution in [3.05, 3.63) is 29.3 Å². The van der Waals surface area contributed by atoms with Crippen LogP contribution in [0, 0.1) is 13.8 Å². The predicted octanol–water partition coefficient (Wildman–Crippen LogP) is 1.90.